The van der Waals surface area contributed by atoms with Crippen LogP contribution >= 0.6 is 11.6 Å². The van der Waals surface area contributed by atoms with Crippen molar-refractivity contribution in [1.82, 2.24) is 10.6 Å². The van der Waals surface area contributed by atoms with Gasteiger partial charge in [-0.1, -0.05) is 25.4 Å². The second-order valence-corrected chi connectivity index (χ2v) is 4.48. The van der Waals surface area contributed by atoms with Gasteiger partial charge in [0.1, 0.15) is 5.82 Å². The fourth-order valence-corrected chi connectivity index (χ4v) is 1.43. The summed E-state index contributed by atoms with van der Waals surface area (Å²) < 4.78 is 13.3. The molecule has 0 aliphatic heterocycles. The molecule has 17 heavy (non-hydrogen) atoms. The van der Waals surface area contributed by atoms with Crippen molar-refractivity contribution < 1.29 is 9.18 Å². The molecule has 0 bridgehead atoms. The Morgan fingerprint density at radius 2 is 2.18 bits per heavy atom. The van der Waals surface area contributed by atoms with Gasteiger partial charge in [0.05, 0.1) is 6.54 Å². The van der Waals surface area contributed by atoms with Crippen molar-refractivity contribution in [2.45, 2.75) is 26.4 Å². The maximum atomic E-state index is 13.3. The van der Waals surface area contributed by atoms with Crippen molar-refractivity contribution in [2.24, 2.45) is 0 Å². The zero-order chi connectivity index (χ0) is 12.8. The predicted octanol–water partition coefficient (Wildman–Crippen LogP) is 2.09. The number of nitrogens with one attached hydrogen (secondary N) is 2. The molecule has 0 heterocycles. The lowest BCUT2D eigenvalue weighted by atomic mass is 10.2. The highest BCUT2D eigenvalue weighted by atomic mass is 35.5. The smallest absolute Gasteiger partial charge is 0.234 e. The summed E-state index contributed by atoms with van der Waals surface area (Å²) in [6.45, 7) is 4.26. The molecule has 1 amide bonds. The lowest BCUT2D eigenvalue weighted by molar-refractivity contribution is -0.120. The lowest BCUT2D eigenvalue weighted by Crippen LogP contribution is -2.36. The predicted molar refractivity (Wildman–Crippen MR) is 66.4 cm³/mol. The molecular weight excluding hydrogens is 243 g/mol. The number of halogens is 2. The van der Waals surface area contributed by atoms with Crippen LogP contribution in [0.25, 0.3) is 0 Å². The highest BCUT2D eigenvalue weighted by Crippen LogP contribution is 2.14. The molecule has 1 aromatic rings. The van der Waals surface area contributed by atoms with E-state index in [0.717, 1.165) is 0 Å². The first kappa shape index (κ1) is 13.9. The third kappa shape index (κ3) is 5.15. The zero-order valence-corrected chi connectivity index (χ0v) is 10.6. The second-order valence-electron chi connectivity index (χ2n) is 4.05. The Morgan fingerprint density at radius 3 is 2.82 bits per heavy atom. The van der Waals surface area contributed by atoms with Gasteiger partial charge in [0.25, 0.3) is 0 Å². The molecule has 0 unspecified atom stereocenters. The average molecular weight is 259 g/mol. The Labute approximate surface area is 105 Å². The largest absolute Gasteiger partial charge is 0.351 e. The maximum Gasteiger partial charge on any atom is 0.234 e. The number of benzene rings is 1. The molecule has 5 heteroatoms. The zero-order valence-electron chi connectivity index (χ0n) is 9.89. The first-order chi connectivity index (χ1) is 7.99. The Bertz CT molecular complexity index is 396. The molecule has 2 N–H and O–H groups in total. The van der Waals surface area contributed by atoms with E-state index in [9.17, 15) is 9.18 Å². The van der Waals surface area contributed by atoms with E-state index < -0.39 is 0 Å². The Morgan fingerprint density at radius 1 is 1.47 bits per heavy atom. The van der Waals surface area contributed by atoms with Gasteiger partial charge < -0.3 is 10.6 Å². The summed E-state index contributed by atoms with van der Waals surface area (Å²) in [6.07, 6.45) is 0. The van der Waals surface area contributed by atoms with Crippen molar-refractivity contribution in [3.05, 3.63) is 34.6 Å². The van der Waals surface area contributed by atoms with Crippen molar-refractivity contribution >= 4 is 17.5 Å². The van der Waals surface area contributed by atoms with Crippen LogP contribution in [0.3, 0.4) is 0 Å². The molecule has 0 spiro atoms. The monoisotopic (exact) mass is 258 g/mol. The second kappa shape index (κ2) is 6.57. The van der Waals surface area contributed by atoms with Gasteiger partial charge in [-0.15, -0.1) is 0 Å². The number of amides is 1. The van der Waals surface area contributed by atoms with Crippen molar-refractivity contribution in [3.8, 4) is 0 Å². The van der Waals surface area contributed by atoms with E-state index in [-0.39, 0.29) is 30.9 Å². The quantitative estimate of drug-likeness (QED) is 0.849. The summed E-state index contributed by atoms with van der Waals surface area (Å²) >= 11 is 5.74. The van der Waals surface area contributed by atoms with Gasteiger partial charge in [0.2, 0.25) is 5.91 Å². The van der Waals surface area contributed by atoms with Crippen LogP contribution in [0.2, 0.25) is 5.02 Å². The summed E-state index contributed by atoms with van der Waals surface area (Å²) in [4.78, 5) is 11.4. The fraction of sp³-hybridized carbons (Fsp3) is 0.417. The van der Waals surface area contributed by atoms with E-state index in [0.29, 0.717) is 10.6 Å². The molecule has 0 aliphatic carbocycles. The number of rotatable bonds is 5. The minimum absolute atomic E-state index is 0.144. The Kier molecular flexibility index (Phi) is 5.38. The van der Waals surface area contributed by atoms with E-state index in [1.807, 2.05) is 13.8 Å². The summed E-state index contributed by atoms with van der Waals surface area (Å²) in [5.74, 6) is -0.537. The number of carbonyl (C=O) groups excluding carboxylic acids is 1. The van der Waals surface area contributed by atoms with Crippen LogP contribution in [-0.4, -0.2) is 18.5 Å². The van der Waals surface area contributed by atoms with Gasteiger partial charge in [-0.3, -0.25) is 4.79 Å². The van der Waals surface area contributed by atoms with Crippen molar-refractivity contribution in [2.75, 3.05) is 6.54 Å². The van der Waals surface area contributed by atoms with E-state index in [4.69, 9.17) is 11.6 Å². The third-order valence-electron chi connectivity index (χ3n) is 2.15. The SMILES string of the molecule is CC(C)NCC(=O)NCc1cc(Cl)ccc1F. The van der Waals surface area contributed by atoms with Gasteiger partial charge in [-0.25, -0.2) is 4.39 Å². The fourth-order valence-electron chi connectivity index (χ4n) is 1.23. The highest BCUT2D eigenvalue weighted by molar-refractivity contribution is 6.30. The normalized spacial score (nSPS) is 10.6. The molecule has 3 nitrogen and oxygen atoms in total. The molecule has 94 valence electrons. The van der Waals surface area contributed by atoms with Gasteiger partial charge in [0.15, 0.2) is 0 Å². The Hall–Kier alpha value is -1.13. The van der Waals surface area contributed by atoms with Crippen LogP contribution in [-0.2, 0) is 11.3 Å². The molecule has 1 aromatic carbocycles. The minimum atomic E-state index is -0.369. The van der Waals surface area contributed by atoms with Crippen LogP contribution in [0.15, 0.2) is 18.2 Å². The number of hydrogen-bond acceptors (Lipinski definition) is 2. The van der Waals surface area contributed by atoms with E-state index in [1.165, 1.54) is 18.2 Å². The molecule has 0 radical (unpaired) electrons. The topological polar surface area (TPSA) is 41.1 Å². The van der Waals surface area contributed by atoms with Crippen LogP contribution in [0, 0.1) is 5.82 Å². The molecule has 0 atom stereocenters. The molecule has 0 aromatic heterocycles. The third-order valence-corrected chi connectivity index (χ3v) is 2.39. The van der Waals surface area contributed by atoms with Crippen LogP contribution in [0.1, 0.15) is 19.4 Å². The maximum absolute atomic E-state index is 13.3. The lowest BCUT2D eigenvalue weighted by Gasteiger charge is -2.09. The van der Waals surface area contributed by atoms with Gasteiger partial charge >= 0.3 is 0 Å². The van der Waals surface area contributed by atoms with Gasteiger partial charge in [0, 0.05) is 23.2 Å². The molecular formula is C12H16ClFN2O. The van der Waals surface area contributed by atoms with Gasteiger partial charge in [-0.05, 0) is 18.2 Å². The molecule has 0 fully saturated rings. The summed E-state index contributed by atoms with van der Waals surface area (Å²) in [6, 6.07) is 4.51. The van der Waals surface area contributed by atoms with Crippen molar-refractivity contribution in [3.63, 3.8) is 0 Å². The summed E-state index contributed by atoms with van der Waals surface area (Å²) in [7, 11) is 0. The average Bonchev–Trinajstić information content (AvgIpc) is 2.27. The molecule has 1 rings (SSSR count). The Balaban J connectivity index is 2.44. The van der Waals surface area contributed by atoms with E-state index >= 15 is 0 Å². The molecule has 0 aliphatic rings. The standard InChI is InChI=1S/C12H16ClFN2O/c1-8(2)15-7-12(17)16-6-9-5-10(13)3-4-11(9)14/h3-5,8,15H,6-7H2,1-2H3,(H,16,17). The van der Waals surface area contributed by atoms with Crippen LogP contribution in [0.5, 0.6) is 0 Å². The van der Waals surface area contributed by atoms with E-state index in [2.05, 4.69) is 10.6 Å². The van der Waals surface area contributed by atoms with Crippen LogP contribution < -0.4 is 10.6 Å². The van der Waals surface area contributed by atoms with Gasteiger partial charge in [-0.2, -0.15) is 0 Å². The van der Waals surface area contributed by atoms with Crippen molar-refractivity contribution in [1.29, 1.82) is 0 Å². The first-order valence-corrected chi connectivity index (χ1v) is 5.81. The molecule has 0 saturated heterocycles. The minimum Gasteiger partial charge on any atom is -0.351 e. The summed E-state index contributed by atoms with van der Waals surface area (Å²) in [5, 5.41) is 6.05. The highest BCUT2D eigenvalue weighted by Gasteiger charge is 2.06. The van der Waals surface area contributed by atoms with E-state index in [1.54, 1.807) is 0 Å². The molecule has 0 saturated carbocycles. The first-order valence-electron chi connectivity index (χ1n) is 5.43. The number of carbonyl (C=O) groups is 1. The number of hydrogen-bond donors (Lipinski definition) is 2. The summed E-state index contributed by atoms with van der Waals surface area (Å²) in [5.41, 5.74) is 0.385. The van der Waals surface area contributed by atoms with Crippen LogP contribution in [0.4, 0.5) is 4.39 Å².